The number of hydrogen-bond donors (Lipinski definition) is 2. The fraction of sp³-hybridized carbons (Fsp3) is 0.143. The highest BCUT2D eigenvalue weighted by Gasteiger charge is 2.16. The molecule has 1 aromatic heterocycles. The first-order chi connectivity index (χ1) is 16.3. The van der Waals surface area contributed by atoms with Crippen LogP contribution in [0.25, 0.3) is 0 Å². The summed E-state index contributed by atoms with van der Waals surface area (Å²) in [5, 5.41) is 5.08. The average Bonchev–Trinajstić information content (AvgIpc) is 2.88. The molecule has 1 amide bonds. The van der Waals surface area contributed by atoms with Crippen LogP contribution in [0.2, 0.25) is 0 Å². The molecule has 33 heavy (non-hydrogen) atoms. The minimum atomic E-state index is -0.0530. The third kappa shape index (κ3) is 6.84. The molecule has 0 saturated heterocycles. The number of carbonyl (C=O) groups excluding carboxylic acids is 1. The van der Waals surface area contributed by atoms with Crippen molar-refractivity contribution >= 4 is 5.91 Å². The number of nitrogens with one attached hydrogen (secondary N) is 2. The van der Waals surface area contributed by atoms with Crippen LogP contribution < -0.4 is 10.7 Å². The molecule has 5 heteroatoms. The summed E-state index contributed by atoms with van der Waals surface area (Å²) in [5.74, 6) is -0.0530. The lowest BCUT2D eigenvalue weighted by molar-refractivity contribution is 0.0633. The van der Waals surface area contributed by atoms with E-state index in [4.69, 9.17) is 0 Å². The number of hydrazine groups is 1. The van der Waals surface area contributed by atoms with E-state index in [0.717, 1.165) is 22.4 Å². The predicted molar refractivity (Wildman–Crippen MR) is 131 cm³/mol. The highest BCUT2D eigenvalue weighted by atomic mass is 16.2. The number of rotatable bonds is 10. The van der Waals surface area contributed by atoms with Crippen LogP contribution in [0.5, 0.6) is 0 Å². The second kappa shape index (κ2) is 11.7. The first-order valence-corrected chi connectivity index (χ1v) is 11.1. The van der Waals surface area contributed by atoms with E-state index in [1.165, 1.54) is 0 Å². The molecule has 0 fully saturated rings. The molecule has 3 aromatic carbocycles. The highest BCUT2D eigenvalue weighted by Crippen LogP contribution is 2.11. The molecule has 0 aliphatic rings. The highest BCUT2D eigenvalue weighted by molar-refractivity contribution is 5.93. The summed E-state index contributed by atoms with van der Waals surface area (Å²) in [5.41, 5.74) is 8.29. The number of hydrogen-bond acceptors (Lipinski definition) is 4. The lowest BCUT2D eigenvalue weighted by Crippen LogP contribution is -2.41. The summed E-state index contributed by atoms with van der Waals surface area (Å²) >= 11 is 0. The van der Waals surface area contributed by atoms with Crippen molar-refractivity contribution in [1.82, 2.24) is 20.7 Å². The van der Waals surface area contributed by atoms with Gasteiger partial charge in [-0.2, -0.15) is 0 Å². The molecule has 166 valence electrons. The third-order valence-electron chi connectivity index (χ3n) is 5.31. The number of carbonyl (C=O) groups is 1. The summed E-state index contributed by atoms with van der Waals surface area (Å²) in [6.45, 7) is 2.48. The van der Waals surface area contributed by atoms with Crippen LogP contribution in [0.15, 0.2) is 109 Å². The van der Waals surface area contributed by atoms with Crippen molar-refractivity contribution in [3.63, 3.8) is 0 Å². The zero-order valence-electron chi connectivity index (χ0n) is 18.5. The summed E-state index contributed by atoms with van der Waals surface area (Å²) < 4.78 is 0. The Labute approximate surface area is 195 Å². The Morgan fingerprint density at radius 1 is 0.667 bits per heavy atom. The van der Waals surface area contributed by atoms with Crippen LogP contribution in [0.3, 0.4) is 0 Å². The van der Waals surface area contributed by atoms with Crippen molar-refractivity contribution in [2.45, 2.75) is 26.2 Å². The van der Waals surface area contributed by atoms with E-state index in [9.17, 15) is 4.79 Å². The summed E-state index contributed by atoms with van der Waals surface area (Å²) in [4.78, 5) is 17.6. The van der Waals surface area contributed by atoms with Crippen molar-refractivity contribution in [2.75, 3.05) is 0 Å². The Hall–Kier alpha value is -3.80. The van der Waals surface area contributed by atoms with Crippen LogP contribution in [-0.2, 0) is 26.2 Å². The van der Waals surface area contributed by atoms with Gasteiger partial charge >= 0.3 is 0 Å². The Kier molecular flexibility index (Phi) is 7.95. The average molecular weight is 437 g/mol. The number of nitrogens with zero attached hydrogens (tertiary/aromatic N) is 2. The molecule has 0 atom stereocenters. The van der Waals surface area contributed by atoms with Crippen LogP contribution in [-0.4, -0.2) is 15.9 Å². The molecule has 0 spiro atoms. The zero-order valence-corrected chi connectivity index (χ0v) is 18.5. The Bertz CT molecular complexity index is 1120. The van der Waals surface area contributed by atoms with Crippen molar-refractivity contribution < 1.29 is 4.79 Å². The standard InChI is InChI=1S/C28H28N4O/c33-28(26-16-14-24(15-17-26)19-29-21-27-13-7-8-18-30-27)32(22-25-11-5-2-6-12-25)31-20-23-9-3-1-4-10-23/h1-18,29,31H,19-22H2. The van der Waals surface area contributed by atoms with E-state index in [-0.39, 0.29) is 5.91 Å². The molecular weight excluding hydrogens is 408 g/mol. The molecule has 5 nitrogen and oxygen atoms in total. The number of amides is 1. The van der Waals surface area contributed by atoms with Gasteiger partial charge in [-0.25, -0.2) is 5.43 Å². The molecule has 2 N–H and O–H groups in total. The third-order valence-corrected chi connectivity index (χ3v) is 5.31. The maximum Gasteiger partial charge on any atom is 0.268 e. The lowest BCUT2D eigenvalue weighted by atomic mass is 10.1. The minimum Gasteiger partial charge on any atom is -0.307 e. The van der Waals surface area contributed by atoms with Gasteiger partial charge < -0.3 is 5.32 Å². The molecule has 4 aromatic rings. The topological polar surface area (TPSA) is 57.3 Å². The minimum absolute atomic E-state index is 0.0530. The Morgan fingerprint density at radius 2 is 1.30 bits per heavy atom. The predicted octanol–water partition coefficient (Wildman–Crippen LogP) is 4.72. The van der Waals surface area contributed by atoms with E-state index in [0.29, 0.717) is 31.7 Å². The lowest BCUT2D eigenvalue weighted by Gasteiger charge is -2.24. The first-order valence-electron chi connectivity index (χ1n) is 11.1. The zero-order chi connectivity index (χ0) is 22.7. The quantitative estimate of drug-likeness (QED) is 0.353. The molecule has 0 aliphatic carbocycles. The van der Waals surface area contributed by atoms with Crippen LogP contribution in [0.1, 0.15) is 32.7 Å². The summed E-state index contributed by atoms with van der Waals surface area (Å²) in [6.07, 6.45) is 1.80. The molecule has 0 bridgehead atoms. The van der Waals surface area contributed by atoms with Gasteiger partial charge in [0.15, 0.2) is 0 Å². The van der Waals surface area contributed by atoms with Crippen molar-refractivity contribution in [2.24, 2.45) is 0 Å². The van der Waals surface area contributed by atoms with Crippen LogP contribution in [0, 0.1) is 0 Å². The van der Waals surface area contributed by atoms with Crippen molar-refractivity contribution in [3.05, 3.63) is 137 Å². The van der Waals surface area contributed by atoms with Gasteiger partial charge in [-0.3, -0.25) is 14.8 Å². The molecule has 4 rings (SSSR count). The molecule has 0 aliphatic heterocycles. The number of aromatic nitrogens is 1. The van der Waals surface area contributed by atoms with Gasteiger partial charge in [0.05, 0.1) is 12.2 Å². The van der Waals surface area contributed by atoms with Gasteiger partial charge in [0, 0.05) is 31.4 Å². The fourth-order valence-electron chi connectivity index (χ4n) is 3.51. The maximum atomic E-state index is 13.3. The molecule has 1 heterocycles. The SMILES string of the molecule is O=C(c1ccc(CNCc2ccccn2)cc1)N(Cc1ccccc1)NCc1ccccc1. The first kappa shape index (κ1) is 22.4. The van der Waals surface area contributed by atoms with E-state index in [2.05, 4.69) is 15.7 Å². The monoisotopic (exact) mass is 436 g/mol. The van der Waals surface area contributed by atoms with E-state index < -0.39 is 0 Å². The van der Waals surface area contributed by atoms with Crippen molar-refractivity contribution in [3.8, 4) is 0 Å². The molecule has 0 radical (unpaired) electrons. The van der Waals surface area contributed by atoms with Gasteiger partial charge in [-0.1, -0.05) is 78.9 Å². The molecular formula is C28H28N4O. The Morgan fingerprint density at radius 3 is 1.97 bits per heavy atom. The summed E-state index contributed by atoms with van der Waals surface area (Å²) in [6, 6.07) is 33.8. The number of benzene rings is 3. The fourth-order valence-corrected chi connectivity index (χ4v) is 3.51. The van der Waals surface area contributed by atoms with Gasteiger partial charge in [0.1, 0.15) is 0 Å². The van der Waals surface area contributed by atoms with Crippen molar-refractivity contribution in [1.29, 1.82) is 0 Å². The van der Waals surface area contributed by atoms with E-state index in [1.54, 1.807) is 11.2 Å². The van der Waals surface area contributed by atoms with Gasteiger partial charge in [-0.05, 0) is 41.0 Å². The molecule has 0 unspecified atom stereocenters. The van der Waals surface area contributed by atoms with Gasteiger partial charge in [0.25, 0.3) is 5.91 Å². The van der Waals surface area contributed by atoms with Crippen LogP contribution >= 0.6 is 0 Å². The second-order valence-electron chi connectivity index (χ2n) is 7.82. The normalized spacial score (nSPS) is 10.7. The largest absolute Gasteiger partial charge is 0.307 e. The summed E-state index contributed by atoms with van der Waals surface area (Å²) in [7, 11) is 0. The van der Waals surface area contributed by atoms with E-state index >= 15 is 0 Å². The van der Waals surface area contributed by atoms with Gasteiger partial charge in [-0.15, -0.1) is 0 Å². The van der Waals surface area contributed by atoms with Gasteiger partial charge in [0.2, 0.25) is 0 Å². The maximum absolute atomic E-state index is 13.3. The van der Waals surface area contributed by atoms with Crippen LogP contribution in [0.4, 0.5) is 0 Å². The number of pyridine rings is 1. The molecule has 0 saturated carbocycles. The Balaban J connectivity index is 1.39. The van der Waals surface area contributed by atoms with E-state index in [1.807, 2.05) is 103 Å². The second-order valence-corrected chi connectivity index (χ2v) is 7.82. The smallest absolute Gasteiger partial charge is 0.268 e.